The molecule has 0 amide bonds. The van der Waals surface area contributed by atoms with Crippen LogP contribution >= 0.6 is 0 Å². The zero-order chi connectivity index (χ0) is 14.5. The molecule has 0 saturated carbocycles. The molecule has 1 aromatic heterocycles. The Hall–Kier alpha value is -1.75. The molecular weight excluding hydrogens is 250 g/mol. The van der Waals surface area contributed by atoms with E-state index in [0.29, 0.717) is 17.8 Å². The molecule has 0 aliphatic rings. The molecule has 5 nitrogen and oxygen atoms in total. The second-order valence-electron chi connectivity index (χ2n) is 5.67. The third kappa shape index (κ3) is 3.63. The van der Waals surface area contributed by atoms with E-state index in [2.05, 4.69) is 48.4 Å². The Morgan fingerprint density at radius 3 is 2.40 bits per heavy atom. The van der Waals surface area contributed by atoms with E-state index in [0.717, 1.165) is 12.1 Å². The average Bonchev–Trinajstić information content (AvgIpc) is 2.89. The maximum absolute atomic E-state index is 4.53. The Labute approximate surface area is 120 Å². The number of nitrogens with one attached hydrogen (secondary N) is 1. The van der Waals surface area contributed by atoms with Crippen molar-refractivity contribution in [2.45, 2.75) is 39.8 Å². The fraction of sp³-hybridized carbons (Fsp3) is 0.533. The first-order valence-electron chi connectivity index (χ1n) is 7.16. The van der Waals surface area contributed by atoms with Crippen LogP contribution < -0.4 is 5.32 Å². The highest BCUT2D eigenvalue weighted by Gasteiger charge is 2.19. The summed E-state index contributed by atoms with van der Waals surface area (Å²) < 4.78 is 0. The van der Waals surface area contributed by atoms with Crippen LogP contribution in [0.5, 0.6) is 0 Å². The van der Waals surface area contributed by atoms with E-state index in [4.69, 9.17) is 0 Å². The fourth-order valence-corrected chi connectivity index (χ4v) is 2.01. The molecule has 1 unspecified atom stereocenters. The fourth-order valence-electron chi connectivity index (χ4n) is 2.01. The van der Waals surface area contributed by atoms with Gasteiger partial charge in [-0.05, 0) is 11.1 Å². The summed E-state index contributed by atoms with van der Waals surface area (Å²) in [5, 5.41) is 16.4. The molecule has 1 N–H and O–H groups in total. The molecule has 1 aromatic carbocycles. The third-order valence-corrected chi connectivity index (χ3v) is 3.26. The highest BCUT2D eigenvalue weighted by molar-refractivity contribution is 5.52. The first-order valence-corrected chi connectivity index (χ1v) is 7.16. The SMILES string of the molecule is CC(C)NCC(C(C)C)n1nnc(-c2ccccc2)n1. The first kappa shape index (κ1) is 14.7. The van der Waals surface area contributed by atoms with Gasteiger partial charge in [0.05, 0.1) is 6.04 Å². The Kier molecular flexibility index (Phi) is 4.84. The van der Waals surface area contributed by atoms with Gasteiger partial charge in [-0.15, -0.1) is 10.2 Å². The van der Waals surface area contributed by atoms with Gasteiger partial charge in [-0.2, -0.15) is 4.80 Å². The van der Waals surface area contributed by atoms with Crippen molar-refractivity contribution in [2.75, 3.05) is 6.54 Å². The van der Waals surface area contributed by atoms with Crippen LogP contribution in [0.2, 0.25) is 0 Å². The maximum atomic E-state index is 4.53. The second-order valence-corrected chi connectivity index (χ2v) is 5.67. The van der Waals surface area contributed by atoms with Crippen molar-refractivity contribution in [3.63, 3.8) is 0 Å². The van der Waals surface area contributed by atoms with Crippen molar-refractivity contribution in [2.24, 2.45) is 5.92 Å². The van der Waals surface area contributed by atoms with Gasteiger partial charge in [0.2, 0.25) is 5.82 Å². The molecule has 5 heteroatoms. The van der Waals surface area contributed by atoms with E-state index in [-0.39, 0.29) is 6.04 Å². The molecule has 0 aliphatic carbocycles. The third-order valence-electron chi connectivity index (χ3n) is 3.26. The summed E-state index contributed by atoms with van der Waals surface area (Å²) in [6, 6.07) is 10.6. The van der Waals surface area contributed by atoms with Crippen LogP contribution in [0.1, 0.15) is 33.7 Å². The molecule has 20 heavy (non-hydrogen) atoms. The molecular formula is C15H23N5. The van der Waals surface area contributed by atoms with Crippen LogP contribution in [-0.4, -0.2) is 32.8 Å². The predicted octanol–water partition coefficient (Wildman–Crippen LogP) is 2.54. The van der Waals surface area contributed by atoms with Crippen LogP contribution in [0, 0.1) is 5.92 Å². The first-order chi connectivity index (χ1) is 9.58. The van der Waals surface area contributed by atoms with Gasteiger partial charge in [0.15, 0.2) is 0 Å². The quantitative estimate of drug-likeness (QED) is 0.878. The summed E-state index contributed by atoms with van der Waals surface area (Å²) in [5.41, 5.74) is 0.998. The lowest BCUT2D eigenvalue weighted by Crippen LogP contribution is -2.34. The van der Waals surface area contributed by atoms with Gasteiger partial charge in [0.1, 0.15) is 0 Å². The molecule has 1 heterocycles. The van der Waals surface area contributed by atoms with Crippen molar-refractivity contribution >= 4 is 0 Å². The van der Waals surface area contributed by atoms with Gasteiger partial charge in [0, 0.05) is 18.2 Å². The van der Waals surface area contributed by atoms with Crippen LogP contribution in [0.15, 0.2) is 30.3 Å². The molecule has 0 fully saturated rings. The van der Waals surface area contributed by atoms with Crippen molar-refractivity contribution in [1.29, 1.82) is 0 Å². The minimum Gasteiger partial charge on any atom is -0.312 e. The van der Waals surface area contributed by atoms with Gasteiger partial charge in [-0.3, -0.25) is 0 Å². The maximum Gasteiger partial charge on any atom is 0.204 e. The highest BCUT2D eigenvalue weighted by atomic mass is 15.6. The molecule has 0 saturated heterocycles. The van der Waals surface area contributed by atoms with Crippen molar-refractivity contribution < 1.29 is 0 Å². The van der Waals surface area contributed by atoms with Gasteiger partial charge < -0.3 is 5.32 Å². The molecule has 0 bridgehead atoms. The minimum absolute atomic E-state index is 0.211. The van der Waals surface area contributed by atoms with E-state index in [1.54, 1.807) is 4.80 Å². The second kappa shape index (κ2) is 6.61. The monoisotopic (exact) mass is 273 g/mol. The molecule has 1 atom stereocenters. The van der Waals surface area contributed by atoms with Gasteiger partial charge >= 0.3 is 0 Å². The van der Waals surface area contributed by atoms with E-state index >= 15 is 0 Å². The zero-order valence-corrected chi connectivity index (χ0v) is 12.6. The molecule has 2 rings (SSSR count). The van der Waals surface area contributed by atoms with E-state index in [1.165, 1.54) is 0 Å². The van der Waals surface area contributed by atoms with Crippen molar-refractivity contribution in [3.8, 4) is 11.4 Å². The number of hydrogen-bond donors (Lipinski definition) is 1. The lowest BCUT2D eigenvalue weighted by molar-refractivity contribution is 0.289. The topological polar surface area (TPSA) is 55.6 Å². The summed E-state index contributed by atoms with van der Waals surface area (Å²) in [6.45, 7) is 9.49. The lowest BCUT2D eigenvalue weighted by Gasteiger charge is -2.21. The van der Waals surface area contributed by atoms with Crippen molar-refractivity contribution in [1.82, 2.24) is 25.5 Å². The number of benzene rings is 1. The Bertz CT molecular complexity index is 518. The normalized spacial score (nSPS) is 13.1. The number of aromatic nitrogens is 4. The van der Waals surface area contributed by atoms with E-state index in [9.17, 15) is 0 Å². The smallest absolute Gasteiger partial charge is 0.204 e. The summed E-state index contributed by atoms with van der Waals surface area (Å²) in [6.07, 6.45) is 0. The number of hydrogen-bond acceptors (Lipinski definition) is 4. The molecule has 0 radical (unpaired) electrons. The van der Waals surface area contributed by atoms with Crippen LogP contribution in [0.4, 0.5) is 0 Å². The van der Waals surface area contributed by atoms with Crippen LogP contribution in [0.3, 0.4) is 0 Å². The van der Waals surface area contributed by atoms with Crippen LogP contribution in [-0.2, 0) is 0 Å². The summed E-state index contributed by atoms with van der Waals surface area (Å²) in [4.78, 5) is 1.74. The highest BCUT2D eigenvalue weighted by Crippen LogP contribution is 2.17. The number of rotatable bonds is 6. The average molecular weight is 273 g/mol. The summed E-state index contributed by atoms with van der Waals surface area (Å²) in [5.74, 6) is 1.12. The number of tetrazole rings is 1. The summed E-state index contributed by atoms with van der Waals surface area (Å²) >= 11 is 0. The zero-order valence-electron chi connectivity index (χ0n) is 12.6. The minimum atomic E-state index is 0.211. The molecule has 2 aromatic rings. The van der Waals surface area contributed by atoms with E-state index in [1.807, 2.05) is 30.3 Å². The van der Waals surface area contributed by atoms with Gasteiger partial charge in [0.25, 0.3) is 0 Å². The standard InChI is InChI=1S/C15H23N5/c1-11(2)14(10-16-12(3)4)20-18-15(17-19-20)13-8-6-5-7-9-13/h5-9,11-12,14,16H,10H2,1-4H3. The Balaban J connectivity index is 2.16. The van der Waals surface area contributed by atoms with Gasteiger partial charge in [-0.1, -0.05) is 58.0 Å². The molecule has 108 valence electrons. The molecule has 0 aliphatic heterocycles. The Morgan fingerprint density at radius 1 is 1.10 bits per heavy atom. The number of nitrogens with zero attached hydrogens (tertiary/aromatic N) is 4. The molecule has 0 spiro atoms. The van der Waals surface area contributed by atoms with Crippen molar-refractivity contribution in [3.05, 3.63) is 30.3 Å². The largest absolute Gasteiger partial charge is 0.312 e. The lowest BCUT2D eigenvalue weighted by atomic mass is 10.1. The predicted molar refractivity (Wildman–Crippen MR) is 80.3 cm³/mol. The Morgan fingerprint density at radius 2 is 1.80 bits per heavy atom. The summed E-state index contributed by atoms with van der Waals surface area (Å²) in [7, 11) is 0. The van der Waals surface area contributed by atoms with Gasteiger partial charge in [-0.25, -0.2) is 0 Å². The van der Waals surface area contributed by atoms with E-state index < -0.39 is 0 Å². The van der Waals surface area contributed by atoms with Crippen LogP contribution in [0.25, 0.3) is 11.4 Å².